The number of hydrogen-bond donors (Lipinski definition) is 0. The summed E-state index contributed by atoms with van der Waals surface area (Å²) in [4.78, 5) is 18.0. The Morgan fingerprint density at radius 3 is 2.31 bits per heavy atom. The predicted octanol–water partition coefficient (Wildman–Crippen LogP) is 5.69. The minimum atomic E-state index is -0.198. The van der Waals surface area contributed by atoms with Gasteiger partial charge in [0.05, 0.1) is 0 Å². The van der Waals surface area contributed by atoms with Crippen LogP contribution in [0.2, 0.25) is 0 Å². The second-order valence-electron chi connectivity index (χ2n) is 8.58. The maximum absolute atomic E-state index is 12.9. The first-order valence-corrected chi connectivity index (χ1v) is 11.8. The standard InChI is InChI=1S/C25H20BrN3O2S/c1-25(2,3)17-8-4-16(5-9-17)22-27-24-29(28-22)23(30)21(32-24)14-19-12-13-20(31-19)15-6-10-18(26)11-7-15/h4-14H,1-3H3/b21-14-. The Balaban J connectivity index is 1.46. The van der Waals surface area contributed by atoms with Crippen molar-refractivity contribution in [3.05, 3.63) is 91.3 Å². The highest BCUT2D eigenvalue weighted by molar-refractivity contribution is 9.10. The lowest BCUT2D eigenvalue weighted by Gasteiger charge is -2.18. The first-order chi connectivity index (χ1) is 15.3. The van der Waals surface area contributed by atoms with E-state index in [1.807, 2.05) is 48.5 Å². The molecule has 0 fully saturated rings. The van der Waals surface area contributed by atoms with E-state index in [9.17, 15) is 4.79 Å². The van der Waals surface area contributed by atoms with Crippen molar-refractivity contribution in [3.8, 4) is 22.7 Å². The lowest BCUT2D eigenvalue weighted by Crippen LogP contribution is -2.23. The largest absolute Gasteiger partial charge is 0.457 e. The number of thiazole rings is 1. The maximum Gasteiger partial charge on any atom is 0.291 e. The van der Waals surface area contributed by atoms with E-state index in [1.54, 1.807) is 6.08 Å². The van der Waals surface area contributed by atoms with Crippen molar-refractivity contribution >= 4 is 38.3 Å². The fourth-order valence-electron chi connectivity index (χ4n) is 3.40. The summed E-state index contributed by atoms with van der Waals surface area (Å²) < 4.78 is 8.83. The van der Waals surface area contributed by atoms with Gasteiger partial charge in [0.15, 0.2) is 5.82 Å². The highest BCUT2D eigenvalue weighted by atomic mass is 79.9. The Bertz CT molecular complexity index is 1520. The normalized spacial score (nSPS) is 12.7. The van der Waals surface area contributed by atoms with Gasteiger partial charge in [-0.25, -0.2) is 0 Å². The Morgan fingerprint density at radius 1 is 0.969 bits per heavy atom. The van der Waals surface area contributed by atoms with Crippen molar-refractivity contribution in [1.29, 1.82) is 0 Å². The molecule has 160 valence electrons. The first kappa shape index (κ1) is 20.8. The van der Waals surface area contributed by atoms with Crippen molar-refractivity contribution in [2.75, 3.05) is 0 Å². The zero-order chi connectivity index (χ0) is 22.5. The van der Waals surface area contributed by atoms with E-state index in [0.29, 0.717) is 21.1 Å². The smallest absolute Gasteiger partial charge is 0.291 e. The van der Waals surface area contributed by atoms with Crippen LogP contribution in [0.3, 0.4) is 0 Å². The van der Waals surface area contributed by atoms with Crippen molar-refractivity contribution in [2.45, 2.75) is 26.2 Å². The van der Waals surface area contributed by atoms with E-state index in [-0.39, 0.29) is 11.0 Å². The van der Waals surface area contributed by atoms with E-state index < -0.39 is 0 Å². The summed E-state index contributed by atoms with van der Waals surface area (Å²) in [6.07, 6.45) is 1.74. The molecule has 0 saturated heterocycles. The van der Waals surface area contributed by atoms with E-state index in [4.69, 9.17) is 4.42 Å². The van der Waals surface area contributed by atoms with Crippen LogP contribution >= 0.6 is 27.3 Å². The Kier molecular flexibility index (Phi) is 5.10. The molecule has 0 spiro atoms. The summed E-state index contributed by atoms with van der Waals surface area (Å²) in [5, 5.41) is 4.45. The van der Waals surface area contributed by atoms with Gasteiger partial charge in [-0.05, 0) is 35.2 Å². The molecule has 0 N–H and O–H groups in total. The van der Waals surface area contributed by atoms with Crippen LogP contribution in [-0.4, -0.2) is 14.6 Å². The van der Waals surface area contributed by atoms with Gasteiger partial charge in [0.2, 0.25) is 4.96 Å². The molecule has 32 heavy (non-hydrogen) atoms. The third kappa shape index (κ3) is 3.94. The highest BCUT2D eigenvalue weighted by Gasteiger charge is 2.16. The zero-order valence-corrected chi connectivity index (χ0v) is 20.2. The molecule has 0 bridgehead atoms. The van der Waals surface area contributed by atoms with Crippen LogP contribution in [0.4, 0.5) is 0 Å². The average molecular weight is 506 g/mol. The number of aromatic nitrogens is 3. The van der Waals surface area contributed by atoms with Crippen molar-refractivity contribution in [1.82, 2.24) is 14.6 Å². The number of fused-ring (bicyclic) bond motifs is 1. The molecule has 7 heteroatoms. The molecule has 0 aliphatic carbocycles. The maximum atomic E-state index is 12.9. The molecule has 0 amide bonds. The summed E-state index contributed by atoms with van der Waals surface area (Å²) in [7, 11) is 0. The number of hydrogen-bond acceptors (Lipinski definition) is 5. The Morgan fingerprint density at radius 2 is 1.66 bits per heavy atom. The van der Waals surface area contributed by atoms with Crippen LogP contribution in [0.5, 0.6) is 0 Å². The molecule has 5 nitrogen and oxygen atoms in total. The Labute approximate surface area is 197 Å². The van der Waals surface area contributed by atoms with Crippen LogP contribution in [0.1, 0.15) is 32.1 Å². The number of benzene rings is 2. The van der Waals surface area contributed by atoms with Gasteiger partial charge in [-0.3, -0.25) is 4.79 Å². The fourth-order valence-corrected chi connectivity index (χ4v) is 4.56. The Hall–Kier alpha value is -3.03. The second-order valence-corrected chi connectivity index (χ2v) is 10.5. The van der Waals surface area contributed by atoms with Crippen LogP contribution in [0, 0.1) is 0 Å². The SMILES string of the molecule is CC(C)(C)c1ccc(-c2nc3s/c(=C\c4ccc(-c5ccc(Br)cc5)o4)c(=O)n3n2)cc1. The van der Waals surface area contributed by atoms with Crippen LogP contribution in [0.25, 0.3) is 33.7 Å². The first-order valence-electron chi connectivity index (χ1n) is 10.2. The lowest BCUT2D eigenvalue weighted by atomic mass is 9.87. The molecule has 5 aromatic rings. The van der Waals surface area contributed by atoms with Crippen LogP contribution < -0.4 is 10.1 Å². The molecule has 0 radical (unpaired) electrons. The molecule has 2 aromatic carbocycles. The van der Waals surface area contributed by atoms with Gasteiger partial charge in [0, 0.05) is 21.7 Å². The molecule has 0 aliphatic rings. The van der Waals surface area contributed by atoms with Crippen molar-refractivity contribution in [2.24, 2.45) is 0 Å². The second kappa shape index (κ2) is 7.83. The van der Waals surface area contributed by atoms with E-state index in [2.05, 4.69) is 58.9 Å². The van der Waals surface area contributed by atoms with Crippen LogP contribution in [-0.2, 0) is 5.41 Å². The molecule has 0 unspecified atom stereocenters. The van der Waals surface area contributed by atoms with E-state index in [0.717, 1.165) is 21.4 Å². The molecule has 0 aliphatic heterocycles. The molecule has 3 heterocycles. The van der Waals surface area contributed by atoms with E-state index in [1.165, 1.54) is 21.4 Å². The predicted molar refractivity (Wildman–Crippen MR) is 132 cm³/mol. The number of furan rings is 1. The highest BCUT2D eigenvalue weighted by Crippen LogP contribution is 2.26. The quantitative estimate of drug-likeness (QED) is 0.316. The van der Waals surface area contributed by atoms with Crippen molar-refractivity contribution < 1.29 is 4.42 Å². The third-order valence-electron chi connectivity index (χ3n) is 5.22. The number of rotatable bonds is 3. The van der Waals surface area contributed by atoms with Gasteiger partial charge < -0.3 is 4.42 Å². The molecule has 5 rings (SSSR count). The van der Waals surface area contributed by atoms with Gasteiger partial charge in [-0.15, -0.1) is 5.10 Å². The summed E-state index contributed by atoms with van der Waals surface area (Å²) in [6, 6.07) is 19.8. The molecular formula is C25H20BrN3O2S. The van der Waals surface area contributed by atoms with Gasteiger partial charge in [0.1, 0.15) is 16.1 Å². The van der Waals surface area contributed by atoms with Gasteiger partial charge in [0.25, 0.3) is 5.56 Å². The summed E-state index contributed by atoms with van der Waals surface area (Å²) in [6.45, 7) is 6.53. The third-order valence-corrected chi connectivity index (χ3v) is 6.71. The minimum Gasteiger partial charge on any atom is -0.457 e. The molecular weight excluding hydrogens is 486 g/mol. The number of halogens is 1. The van der Waals surface area contributed by atoms with Gasteiger partial charge >= 0.3 is 0 Å². The van der Waals surface area contributed by atoms with Crippen molar-refractivity contribution in [3.63, 3.8) is 0 Å². The number of nitrogens with zero attached hydrogens (tertiary/aromatic N) is 3. The lowest BCUT2D eigenvalue weighted by molar-refractivity contribution is 0.571. The minimum absolute atomic E-state index is 0.0799. The molecule has 0 saturated carbocycles. The van der Waals surface area contributed by atoms with E-state index >= 15 is 0 Å². The molecule has 3 aromatic heterocycles. The summed E-state index contributed by atoms with van der Waals surface area (Å²) in [5.41, 5.74) is 2.99. The van der Waals surface area contributed by atoms with Crippen LogP contribution in [0.15, 0.2) is 74.3 Å². The average Bonchev–Trinajstić information content (AvgIpc) is 3.46. The zero-order valence-electron chi connectivity index (χ0n) is 17.8. The van der Waals surface area contributed by atoms with Gasteiger partial charge in [-0.2, -0.15) is 9.50 Å². The summed E-state index contributed by atoms with van der Waals surface area (Å²) >= 11 is 4.74. The van der Waals surface area contributed by atoms with Gasteiger partial charge in [-0.1, -0.05) is 84.4 Å². The monoisotopic (exact) mass is 505 g/mol. The fraction of sp³-hybridized carbons (Fsp3) is 0.160. The topological polar surface area (TPSA) is 60.4 Å². The molecule has 0 atom stereocenters. The summed E-state index contributed by atoms with van der Waals surface area (Å²) in [5.74, 6) is 1.91.